The molecule has 0 bridgehead atoms. The lowest BCUT2D eigenvalue weighted by atomic mass is 10.1. The van der Waals surface area contributed by atoms with E-state index < -0.39 is 52.5 Å². The Balaban J connectivity index is 1.73. The maximum absolute atomic E-state index is 12.3. The highest BCUT2D eigenvalue weighted by Gasteiger charge is 2.44. The van der Waals surface area contributed by atoms with E-state index in [1.807, 2.05) is 4.98 Å². The fourth-order valence-corrected chi connectivity index (χ4v) is 3.64. The number of nitrogens with one attached hydrogen (secondary N) is 1. The third-order valence-corrected chi connectivity index (χ3v) is 5.55. The van der Waals surface area contributed by atoms with Crippen LogP contribution in [0, 0.1) is 0 Å². The topological polar surface area (TPSA) is 148 Å². The Kier molecular flexibility index (Phi) is 5.63. The van der Waals surface area contributed by atoms with Crippen LogP contribution in [0.5, 0.6) is 0 Å². The van der Waals surface area contributed by atoms with E-state index in [-0.39, 0.29) is 4.90 Å². The summed E-state index contributed by atoms with van der Waals surface area (Å²) in [6.07, 6.45) is -2.93. The minimum absolute atomic E-state index is 0.0976. The predicted molar refractivity (Wildman–Crippen MR) is 96.9 cm³/mol. The predicted octanol–water partition coefficient (Wildman–Crippen LogP) is -0.796. The number of aliphatic hydroxyl groups excluding tert-OH is 2. The van der Waals surface area contributed by atoms with Crippen LogP contribution in [0.1, 0.15) is 11.8 Å². The third-order valence-electron chi connectivity index (χ3n) is 4.25. The Morgan fingerprint density at radius 2 is 1.86 bits per heavy atom. The highest BCUT2D eigenvalue weighted by Crippen LogP contribution is 2.29. The molecule has 1 aromatic heterocycles. The first-order valence-electron chi connectivity index (χ1n) is 8.18. The molecular weight excluding hydrogens is 392 g/mol. The van der Waals surface area contributed by atoms with Gasteiger partial charge in [0, 0.05) is 12.3 Å². The molecule has 1 aliphatic rings. The van der Waals surface area contributed by atoms with Crippen molar-refractivity contribution < 1.29 is 27.6 Å². The van der Waals surface area contributed by atoms with Crippen LogP contribution in [0.2, 0.25) is 0 Å². The molecule has 1 aliphatic heterocycles. The van der Waals surface area contributed by atoms with Crippen LogP contribution in [0.4, 0.5) is 0 Å². The lowest BCUT2D eigenvalue weighted by Crippen LogP contribution is -2.37. The van der Waals surface area contributed by atoms with E-state index in [0.717, 1.165) is 22.4 Å². The fourth-order valence-electron chi connectivity index (χ4n) is 2.72. The number of aromatic nitrogens is 2. The lowest BCUT2D eigenvalue weighted by Gasteiger charge is -2.16. The Morgan fingerprint density at radius 1 is 1.18 bits per heavy atom. The average Bonchev–Trinajstić information content (AvgIpc) is 2.95. The Bertz CT molecular complexity index is 1070. The minimum Gasteiger partial charge on any atom is -0.387 e. The molecule has 0 saturated carbocycles. The van der Waals surface area contributed by atoms with E-state index >= 15 is 0 Å². The number of ether oxygens (including phenoxy) is 1. The maximum Gasteiger partial charge on any atom is 0.330 e. The van der Waals surface area contributed by atoms with E-state index in [0.29, 0.717) is 0 Å². The van der Waals surface area contributed by atoms with Crippen molar-refractivity contribution >= 4 is 16.2 Å². The summed E-state index contributed by atoms with van der Waals surface area (Å²) < 4.78 is 35.8. The zero-order valence-corrected chi connectivity index (χ0v) is 15.3. The Labute approximate surface area is 159 Å². The molecule has 0 spiro atoms. The Hall–Kier alpha value is -2.57. The van der Waals surface area contributed by atoms with Crippen LogP contribution in [-0.2, 0) is 19.0 Å². The van der Waals surface area contributed by atoms with Crippen molar-refractivity contribution in [2.24, 2.45) is 0 Å². The maximum atomic E-state index is 12.3. The van der Waals surface area contributed by atoms with Crippen molar-refractivity contribution in [1.82, 2.24) is 9.55 Å². The molecule has 0 radical (unpaired) electrons. The molecule has 3 N–H and O–H groups in total. The summed E-state index contributed by atoms with van der Waals surface area (Å²) in [5.41, 5.74) is -0.756. The van der Waals surface area contributed by atoms with Gasteiger partial charge in [-0.2, -0.15) is 8.42 Å². The van der Waals surface area contributed by atoms with Crippen molar-refractivity contribution in [3.05, 3.63) is 69.5 Å². The van der Waals surface area contributed by atoms with E-state index in [2.05, 4.69) is 6.58 Å². The van der Waals surface area contributed by atoms with Gasteiger partial charge in [0.1, 0.15) is 18.3 Å². The summed E-state index contributed by atoms with van der Waals surface area (Å²) in [4.78, 5) is 24.9. The van der Waals surface area contributed by atoms with Crippen molar-refractivity contribution in [3.8, 4) is 0 Å². The van der Waals surface area contributed by atoms with Crippen molar-refractivity contribution in [3.63, 3.8) is 0 Å². The molecule has 3 rings (SSSR count). The highest BCUT2D eigenvalue weighted by molar-refractivity contribution is 7.86. The normalized spacial score (nSPS) is 24.9. The summed E-state index contributed by atoms with van der Waals surface area (Å²) >= 11 is 0. The smallest absolute Gasteiger partial charge is 0.330 e. The highest BCUT2D eigenvalue weighted by atomic mass is 32.2. The van der Waals surface area contributed by atoms with Gasteiger partial charge in [-0.3, -0.25) is 18.5 Å². The van der Waals surface area contributed by atoms with Crippen LogP contribution in [-0.4, -0.2) is 53.1 Å². The largest absolute Gasteiger partial charge is 0.387 e. The molecular formula is C17H18N2O8S. The molecule has 1 fully saturated rings. The number of rotatable bonds is 6. The SMILES string of the molecule is C=Cc1ccc(S(=O)(=O)OC[C@H]2O[C@@H](n3ccc(=O)[nH]c3=O)[C@H](O)[C@@H]2O)cc1. The van der Waals surface area contributed by atoms with Crippen LogP contribution in [0.25, 0.3) is 6.08 Å². The van der Waals surface area contributed by atoms with Gasteiger partial charge in [0.05, 0.1) is 11.5 Å². The molecule has 28 heavy (non-hydrogen) atoms. The van der Waals surface area contributed by atoms with Crippen molar-refractivity contribution in [2.75, 3.05) is 6.61 Å². The Morgan fingerprint density at radius 3 is 2.46 bits per heavy atom. The third kappa shape index (κ3) is 3.98. The quantitative estimate of drug-likeness (QED) is 0.525. The van der Waals surface area contributed by atoms with Gasteiger partial charge in [-0.1, -0.05) is 24.8 Å². The second kappa shape index (κ2) is 7.81. The number of nitrogens with zero attached hydrogens (tertiary/aromatic N) is 1. The summed E-state index contributed by atoms with van der Waals surface area (Å²) in [7, 11) is -4.13. The number of hydrogen-bond acceptors (Lipinski definition) is 8. The van der Waals surface area contributed by atoms with E-state index in [9.17, 15) is 28.2 Å². The van der Waals surface area contributed by atoms with Gasteiger partial charge in [-0.15, -0.1) is 0 Å². The second-order valence-electron chi connectivity index (χ2n) is 6.08. The number of H-pyrrole nitrogens is 1. The van der Waals surface area contributed by atoms with Gasteiger partial charge in [0.2, 0.25) is 0 Å². The molecule has 150 valence electrons. The number of benzene rings is 1. The summed E-state index contributed by atoms with van der Waals surface area (Å²) in [5, 5.41) is 20.3. The molecule has 2 aromatic rings. The minimum atomic E-state index is -4.13. The summed E-state index contributed by atoms with van der Waals surface area (Å²) in [6.45, 7) is 2.99. The van der Waals surface area contributed by atoms with Crippen LogP contribution in [0.15, 0.2) is 57.6 Å². The average molecular weight is 410 g/mol. The van der Waals surface area contributed by atoms with Gasteiger partial charge in [-0.05, 0) is 17.7 Å². The number of aliphatic hydroxyl groups is 2. The van der Waals surface area contributed by atoms with Crippen molar-refractivity contribution in [1.29, 1.82) is 0 Å². The molecule has 0 amide bonds. The van der Waals surface area contributed by atoms with Crippen LogP contribution < -0.4 is 11.2 Å². The summed E-state index contributed by atoms with van der Waals surface area (Å²) in [5.74, 6) is 0. The van der Waals surface area contributed by atoms with Gasteiger partial charge in [0.15, 0.2) is 6.23 Å². The van der Waals surface area contributed by atoms with Crippen molar-refractivity contribution in [2.45, 2.75) is 29.4 Å². The zero-order valence-electron chi connectivity index (χ0n) is 14.5. The second-order valence-corrected chi connectivity index (χ2v) is 7.69. The molecule has 0 unspecified atom stereocenters. The summed E-state index contributed by atoms with van der Waals surface area (Å²) in [6, 6.07) is 6.83. The first-order chi connectivity index (χ1) is 13.2. The van der Waals surface area contributed by atoms with Gasteiger partial charge in [0.25, 0.3) is 15.7 Å². The monoisotopic (exact) mass is 410 g/mol. The molecule has 11 heteroatoms. The number of aromatic amines is 1. The van der Waals surface area contributed by atoms with E-state index in [1.54, 1.807) is 18.2 Å². The van der Waals surface area contributed by atoms with Gasteiger partial charge < -0.3 is 14.9 Å². The van der Waals surface area contributed by atoms with E-state index in [1.165, 1.54) is 12.1 Å². The van der Waals surface area contributed by atoms with Crippen LogP contribution >= 0.6 is 0 Å². The standard InChI is InChI=1S/C17H18N2O8S/c1-2-10-3-5-11(6-4-10)28(24,25)26-9-12-14(21)15(22)16(27-12)19-8-7-13(20)18-17(19)23/h2-8,12,14-16,21-22H,1,9H2,(H,18,20,23)/t12-,14-,15-,16-/m1/s1. The molecule has 2 heterocycles. The van der Waals surface area contributed by atoms with Crippen LogP contribution in [0.3, 0.4) is 0 Å². The van der Waals surface area contributed by atoms with Gasteiger partial charge >= 0.3 is 5.69 Å². The molecule has 1 saturated heterocycles. The molecule has 1 aromatic carbocycles. The lowest BCUT2D eigenvalue weighted by molar-refractivity contribution is -0.0509. The van der Waals surface area contributed by atoms with Gasteiger partial charge in [-0.25, -0.2) is 4.79 Å². The van der Waals surface area contributed by atoms with E-state index in [4.69, 9.17) is 8.92 Å². The zero-order chi connectivity index (χ0) is 20.5. The first kappa shape index (κ1) is 20.2. The fraction of sp³-hybridized carbons (Fsp3) is 0.294. The molecule has 10 nitrogen and oxygen atoms in total. The molecule has 4 atom stereocenters. The number of hydrogen-bond donors (Lipinski definition) is 3. The first-order valence-corrected chi connectivity index (χ1v) is 9.59. The molecule has 0 aliphatic carbocycles.